The molecule has 3 rings (SSSR count). The van der Waals surface area contributed by atoms with Crippen LogP contribution in [0.25, 0.3) is 11.0 Å². The van der Waals surface area contributed by atoms with Crippen molar-refractivity contribution in [3.8, 4) is 11.5 Å². The fourth-order valence-electron chi connectivity index (χ4n) is 2.29. The summed E-state index contributed by atoms with van der Waals surface area (Å²) in [6, 6.07) is 5.10. The first kappa shape index (κ1) is 16.3. The van der Waals surface area contributed by atoms with Crippen LogP contribution in [0.3, 0.4) is 0 Å². The minimum Gasteiger partial charge on any atom is -0.495 e. The molecule has 1 aromatic carbocycles. The summed E-state index contributed by atoms with van der Waals surface area (Å²) in [6.07, 6.45) is 1.56. The van der Waals surface area contributed by atoms with Gasteiger partial charge in [-0.2, -0.15) is 5.10 Å². The van der Waals surface area contributed by atoms with Crippen LogP contribution in [0.2, 0.25) is 0 Å². The van der Waals surface area contributed by atoms with Crippen LogP contribution < -0.4 is 14.8 Å². The standard InChI is InChI=1S/C16H15BrN4O3/c1-8-11-6-10(7-18-15(11)21-20-8)19-16(22)9-4-12(23-2)14(17)13(5-9)24-3/h4-7H,1-3H3,(H,19,22)(H,18,20,21). The number of hydrogen-bond donors (Lipinski definition) is 2. The fraction of sp³-hybridized carbons (Fsp3) is 0.188. The number of halogens is 1. The van der Waals surface area contributed by atoms with Gasteiger partial charge in [0.05, 0.1) is 26.1 Å². The second-order valence-corrected chi connectivity index (χ2v) is 5.89. The molecule has 0 saturated heterocycles. The van der Waals surface area contributed by atoms with Gasteiger partial charge in [-0.1, -0.05) is 0 Å². The number of H-pyrrole nitrogens is 1. The van der Waals surface area contributed by atoms with E-state index in [9.17, 15) is 4.79 Å². The minimum atomic E-state index is -0.290. The van der Waals surface area contributed by atoms with Gasteiger partial charge >= 0.3 is 0 Å². The molecule has 0 aliphatic heterocycles. The third kappa shape index (κ3) is 2.92. The Hall–Kier alpha value is -2.61. The monoisotopic (exact) mass is 390 g/mol. The molecule has 0 spiro atoms. The van der Waals surface area contributed by atoms with Crippen LogP contribution in [-0.2, 0) is 0 Å². The molecule has 0 saturated carbocycles. The number of benzene rings is 1. The Balaban J connectivity index is 1.92. The number of carbonyl (C=O) groups is 1. The zero-order valence-corrected chi connectivity index (χ0v) is 14.9. The van der Waals surface area contributed by atoms with Crippen molar-refractivity contribution in [1.29, 1.82) is 0 Å². The summed E-state index contributed by atoms with van der Waals surface area (Å²) in [5.74, 6) is 0.735. The second-order valence-electron chi connectivity index (χ2n) is 5.09. The maximum atomic E-state index is 12.5. The van der Waals surface area contributed by atoms with E-state index in [1.54, 1.807) is 18.3 Å². The summed E-state index contributed by atoms with van der Waals surface area (Å²) >= 11 is 3.38. The SMILES string of the molecule is COc1cc(C(=O)Nc2cnc3n[nH]c(C)c3c2)cc(OC)c1Br. The maximum Gasteiger partial charge on any atom is 0.255 e. The molecule has 2 N–H and O–H groups in total. The summed E-state index contributed by atoms with van der Waals surface area (Å²) in [5, 5.41) is 10.6. The van der Waals surface area contributed by atoms with E-state index in [0.717, 1.165) is 11.1 Å². The van der Waals surface area contributed by atoms with Gasteiger partial charge in [-0.25, -0.2) is 4.98 Å². The van der Waals surface area contributed by atoms with Gasteiger partial charge in [-0.15, -0.1) is 0 Å². The number of ether oxygens (including phenoxy) is 2. The molecule has 8 heteroatoms. The number of rotatable bonds is 4. The number of nitrogens with one attached hydrogen (secondary N) is 2. The number of aromatic amines is 1. The maximum absolute atomic E-state index is 12.5. The number of anilines is 1. The van der Waals surface area contributed by atoms with Gasteiger partial charge in [0, 0.05) is 16.6 Å². The van der Waals surface area contributed by atoms with Crippen molar-refractivity contribution in [3.63, 3.8) is 0 Å². The van der Waals surface area contributed by atoms with Crippen LogP contribution in [0.4, 0.5) is 5.69 Å². The Morgan fingerprint density at radius 3 is 2.50 bits per heavy atom. The highest BCUT2D eigenvalue weighted by Gasteiger charge is 2.15. The lowest BCUT2D eigenvalue weighted by atomic mass is 10.1. The Morgan fingerprint density at radius 2 is 1.88 bits per heavy atom. The zero-order valence-electron chi connectivity index (χ0n) is 13.3. The first-order valence-electron chi connectivity index (χ1n) is 7.07. The lowest BCUT2D eigenvalue weighted by Gasteiger charge is -2.11. The highest BCUT2D eigenvalue weighted by Crippen LogP contribution is 2.35. The van der Waals surface area contributed by atoms with E-state index >= 15 is 0 Å². The molecule has 0 bridgehead atoms. The van der Waals surface area contributed by atoms with Gasteiger partial charge in [-0.05, 0) is 41.1 Å². The van der Waals surface area contributed by atoms with Gasteiger partial charge in [0.15, 0.2) is 5.65 Å². The second kappa shape index (κ2) is 6.48. The van der Waals surface area contributed by atoms with E-state index in [1.807, 2.05) is 13.0 Å². The predicted octanol–water partition coefficient (Wildman–Crippen LogP) is 3.30. The van der Waals surface area contributed by atoms with Crippen LogP contribution in [0.5, 0.6) is 11.5 Å². The fourth-order valence-corrected chi connectivity index (χ4v) is 2.84. The van der Waals surface area contributed by atoms with E-state index in [1.165, 1.54) is 14.2 Å². The number of nitrogens with zero attached hydrogens (tertiary/aromatic N) is 2. The van der Waals surface area contributed by atoms with Crippen LogP contribution >= 0.6 is 15.9 Å². The molecule has 1 amide bonds. The minimum absolute atomic E-state index is 0.290. The molecular formula is C16H15BrN4O3. The van der Waals surface area contributed by atoms with Crippen molar-refractivity contribution in [2.75, 3.05) is 19.5 Å². The summed E-state index contributed by atoms with van der Waals surface area (Å²) in [5.41, 5.74) is 2.49. The smallest absolute Gasteiger partial charge is 0.255 e. The van der Waals surface area contributed by atoms with E-state index in [0.29, 0.717) is 32.9 Å². The molecule has 2 heterocycles. The summed E-state index contributed by atoms with van der Waals surface area (Å²) in [6.45, 7) is 1.90. The largest absolute Gasteiger partial charge is 0.495 e. The van der Waals surface area contributed by atoms with Gasteiger partial charge in [0.1, 0.15) is 16.0 Å². The molecule has 124 valence electrons. The number of carbonyl (C=O) groups excluding carboxylic acids is 1. The van der Waals surface area contributed by atoms with Gasteiger partial charge < -0.3 is 14.8 Å². The number of aryl methyl sites for hydroxylation is 1. The number of pyridine rings is 1. The molecule has 0 unspecified atom stereocenters. The van der Waals surface area contributed by atoms with Crippen molar-refractivity contribution in [2.24, 2.45) is 0 Å². The third-order valence-corrected chi connectivity index (χ3v) is 4.35. The average Bonchev–Trinajstić information content (AvgIpc) is 2.95. The van der Waals surface area contributed by atoms with E-state index in [2.05, 4.69) is 36.4 Å². The molecule has 0 aliphatic carbocycles. The van der Waals surface area contributed by atoms with E-state index in [4.69, 9.17) is 9.47 Å². The first-order valence-corrected chi connectivity index (χ1v) is 7.86. The van der Waals surface area contributed by atoms with Gasteiger partial charge in [0.2, 0.25) is 0 Å². The molecule has 2 aromatic heterocycles. The average molecular weight is 391 g/mol. The predicted molar refractivity (Wildman–Crippen MR) is 93.8 cm³/mol. The van der Waals surface area contributed by atoms with Gasteiger partial charge in [0.25, 0.3) is 5.91 Å². The molecule has 3 aromatic rings. The van der Waals surface area contributed by atoms with Crippen molar-refractivity contribution >= 4 is 38.6 Å². The molecule has 0 aliphatic rings. The van der Waals surface area contributed by atoms with Crippen molar-refractivity contribution < 1.29 is 14.3 Å². The molecule has 0 radical (unpaired) electrons. The number of aromatic nitrogens is 3. The topological polar surface area (TPSA) is 89.1 Å². The lowest BCUT2D eigenvalue weighted by Crippen LogP contribution is -2.12. The van der Waals surface area contributed by atoms with E-state index in [-0.39, 0.29) is 5.91 Å². The first-order chi connectivity index (χ1) is 11.5. The Morgan fingerprint density at radius 1 is 1.21 bits per heavy atom. The highest BCUT2D eigenvalue weighted by molar-refractivity contribution is 9.10. The number of hydrogen-bond acceptors (Lipinski definition) is 5. The number of methoxy groups -OCH3 is 2. The number of amides is 1. The van der Waals surface area contributed by atoms with Crippen molar-refractivity contribution in [3.05, 3.63) is 40.1 Å². The van der Waals surface area contributed by atoms with Crippen molar-refractivity contribution in [2.45, 2.75) is 6.92 Å². The third-order valence-electron chi connectivity index (χ3n) is 3.57. The molecule has 7 nitrogen and oxygen atoms in total. The van der Waals surface area contributed by atoms with Crippen LogP contribution in [0.1, 0.15) is 16.1 Å². The molecular weight excluding hydrogens is 376 g/mol. The lowest BCUT2D eigenvalue weighted by molar-refractivity contribution is 0.102. The van der Waals surface area contributed by atoms with E-state index < -0.39 is 0 Å². The molecule has 24 heavy (non-hydrogen) atoms. The molecule has 0 atom stereocenters. The van der Waals surface area contributed by atoms with Crippen LogP contribution in [0, 0.1) is 6.92 Å². The van der Waals surface area contributed by atoms with Crippen molar-refractivity contribution in [1.82, 2.24) is 15.2 Å². The Labute approximate surface area is 146 Å². The van der Waals surface area contributed by atoms with Crippen LogP contribution in [-0.4, -0.2) is 35.3 Å². The quantitative estimate of drug-likeness (QED) is 0.713. The van der Waals surface area contributed by atoms with Gasteiger partial charge in [-0.3, -0.25) is 9.89 Å². The summed E-state index contributed by atoms with van der Waals surface area (Å²) in [7, 11) is 3.06. The molecule has 0 fully saturated rings. The highest BCUT2D eigenvalue weighted by atomic mass is 79.9. The zero-order chi connectivity index (χ0) is 17.3. The Bertz CT molecular complexity index is 898. The summed E-state index contributed by atoms with van der Waals surface area (Å²) < 4.78 is 11.2. The normalized spacial score (nSPS) is 10.7. The Kier molecular flexibility index (Phi) is 4.39. The number of fused-ring (bicyclic) bond motifs is 1. The summed E-state index contributed by atoms with van der Waals surface area (Å²) in [4.78, 5) is 16.7. The van der Waals surface area contributed by atoms with Crippen LogP contribution in [0.15, 0.2) is 28.9 Å².